The number of aliphatic hydroxyl groups is 1. The van der Waals surface area contributed by atoms with E-state index in [4.69, 9.17) is 5.73 Å². The predicted octanol–water partition coefficient (Wildman–Crippen LogP) is 1.70. The summed E-state index contributed by atoms with van der Waals surface area (Å²) in [5, 5.41) is 10.9. The molecular formula is C14H23N3O. The molecule has 100 valence electrons. The van der Waals surface area contributed by atoms with Gasteiger partial charge in [0.05, 0.1) is 18.2 Å². The number of hydrogen-bond acceptors (Lipinski definition) is 3. The summed E-state index contributed by atoms with van der Waals surface area (Å²) in [6, 6.07) is 0. The van der Waals surface area contributed by atoms with Crippen LogP contribution in [0.2, 0.25) is 0 Å². The molecule has 0 aliphatic heterocycles. The molecule has 2 fully saturated rings. The summed E-state index contributed by atoms with van der Waals surface area (Å²) in [4.78, 5) is 4.18. The highest BCUT2D eigenvalue weighted by molar-refractivity contribution is 5.14. The fourth-order valence-electron chi connectivity index (χ4n) is 4.30. The molecule has 2 saturated carbocycles. The SMILES string of the molecule is CCn1cncc1C(O)C1(CN)CC2CCC1C2. The fraction of sp³-hybridized carbons (Fsp3) is 0.786. The molecule has 1 heterocycles. The number of nitrogens with two attached hydrogens (primary N) is 1. The van der Waals surface area contributed by atoms with E-state index < -0.39 is 6.10 Å². The van der Waals surface area contributed by atoms with Crippen LogP contribution in [0.3, 0.4) is 0 Å². The summed E-state index contributed by atoms with van der Waals surface area (Å²) in [6.07, 6.45) is 8.05. The molecule has 4 atom stereocenters. The Morgan fingerprint density at radius 3 is 3.00 bits per heavy atom. The van der Waals surface area contributed by atoms with Crippen LogP contribution in [0.15, 0.2) is 12.5 Å². The first-order chi connectivity index (χ1) is 8.71. The van der Waals surface area contributed by atoms with E-state index in [0.29, 0.717) is 12.5 Å². The van der Waals surface area contributed by atoms with E-state index >= 15 is 0 Å². The van der Waals surface area contributed by atoms with Gasteiger partial charge in [0.15, 0.2) is 0 Å². The van der Waals surface area contributed by atoms with Crippen LogP contribution in [0.25, 0.3) is 0 Å². The Balaban J connectivity index is 1.93. The van der Waals surface area contributed by atoms with Crippen molar-refractivity contribution in [2.45, 2.75) is 45.3 Å². The molecule has 0 spiro atoms. The number of aryl methyl sites for hydroxylation is 1. The van der Waals surface area contributed by atoms with Crippen molar-refractivity contribution < 1.29 is 5.11 Å². The Hall–Kier alpha value is -0.870. The van der Waals surface area contributed by atoms with Gasteiger partial charge in [-0.25, -0.2) is 4.98 Å². The van der Waals surface area contributed by atoms with E-state index in [2.05, 4.69) is 11.9 Å². The standard InChI is InChI=1S/C14H23N3O/c1-2-17-9-16-7-12(17)13(18)14(8-15)6-10-3-4-11(14)5-10/h7,9-11,13,18H,2-6,8,15H2,1H3. The number of imidazole rings is 1. The molecule has 1 aromatic heterocycles. The highest BCUT2D eigenvalue weighted by atomic mass is 16.3. The maximum Gasteiger partial charge on any atom is 0.103 e. The molecule has 0 radical (unpaired) electrons. The van der Waals surface area contributed by atoms with Crippen molar-refractivity contribution in [3.63, 3.8) is 0 Å². The average molecular weight is 249 g/mol. The van der Waals surface area contributed by atoms with Crippen molar-refractivity contribution >= 4 is 0 Å². The molecule has 0 amide bonds. The Morgan fingerprint density at radius 2 is 2.44 bits per heavy atom. The van der Waals surface area contributed by atoms with Crippen LogP contribution in [0.1, 0.15) is 44.4 Å². The number of rotatable bonds is 4. The minimum atomic E-state index is -0.458. The van der Waals surface area contributed by atoms with Crippen molar-refractivity contribution in [2.75, 3.05) is 6.54 Å². The lowest BCUT2D eigenvalue weighted by molar-refractivity contribution is -0.0177. The lowest BCUT2D eigenvalue weighted by Crippen LogP contribution is -2.42. The van der Waals surface area contributed by atoms with Gasteiger partial charge in [-0.15, -0.1) is 0 Å². The van der Waals surface area contributed by atoms with Crippen molar-refractivity contribution in [2.24, 2.45) is 23.0 Å². The second-order valence-corrected chi connectivity index (χ2v) is 6.02. The van der Waals surface area contributed by atoms with Crippen LogP contribution < -0.4 is 5.73 Å². The molecule has 2 aliphatic rings. The largest absolute Gasteiger partial charge is 0.386 e. The van der Waals surface area contributed by atoms with Crippen LogP contribution in [-0.2, 0) is 6.54 Å². The third-order valence-corrected chi connectivity index (χ3v) is 5.31. The van der Waals surface area contributed by atoms with E-state index in [1.165, 1.54) is 19.3 Å². The van der Waals surface area contributed by atoms with Gasteiger partial charge in [0.1, 0.15) is 6.10 Å². The number of hydrogen-bond donors (Lipinski definition) is 2. The molecule has 18 heavy (non-hydrogen) atoms. The normalized spacial score (nSPS) is 36.2. The van der Waals surface area contributed by atoms with Gasteiger partial charge in [-0.2, -0.15) is 0 Å². The average Bonchev–Trinajstić information content (AvgIpc) is 3.11. The van der Waals surface area contributed by atoms with Crippen molar-refractivity contribution in [1.82, 2.24) is 9.55 Å². The topological polar surface area (TPSA) is 64.1 Å². The number of aliphatic hydroxyl groups excluding tert-OH is 1. The van der Waals surface area contributed by atoms with Gasteiger partial charge < -0.3 is 15.4 Å². The van der Waals surface area contributed by atoms with Gasteiger partial charge in [-0.1, -0.05) is 6.42 Å². The minimum Gasteiger partial charge on any atom is -0.386 e. The minimum absolute atomic E-state index is 0.101. The molecule has 3 N–H and O–H groups in total. The molecule has 4 heteroatoms. The van der Waals surface area contributed by atoms with E-state index in [0.717, 1.165) is 24.6 Å². The third kappa shape index (κ3) is 1.55. The Morgan fingerprint density at radius 1 is 1.61 bits per heavy atom. The van der Waals surface area contributed by atoms with Crippen LogP contribution in [0, 0.1) is 17.3 Å². The van der Waals surface area contributed by atoms with Gasteiger partial charge >= 0.3 is 0 Å². The van der Waals surface area contributed by atoms with Crippen LogP contribution in [0.4, 0.5) is 0 Å². The number of aromatic nitrogens is 2. The van der Waals surface area contributed by atoms with Gasteiger partial charge in [-0.05, 0) is 38.0 Å². The molecule has 4 nitrogen and oxygen atoms in total. The van der Waals surface area contributed by atoms with Crippen molar-refractivity contribution in [3.8, 4) is 0 Å². The van der Waals surface area contributed by atoms with Gasteiger partial charge in [0.2, 0.25) is 0 Å². The smallest absolute Gasteiger partial charge is 0.103 e. The first kappa shape index (κ1) is 12.2. The summed E-state index contributed by atoms with van der Waals surface area (Å²) in [5.41, 5.74) is 6.90. The Labute approximate surface area is 108 Å². The first-order valence-corrected chi connectivity index (χ1v) is 7.09. The molecule has 4 unspecified atom stereocenters. The summed E-state index contributed by atoms with van der Waals surface area (Å²) in [5.74, 6) is 1.38. The zero-order valence-corrected chi connectivity index (χ0v) is 11.0. The highest BCUT2D eigenvalue weighted by Gasteiger charge is 2.54. The molecule has 0 aromatic carbocycles. The zero-order chi connectivity index (χ0) is 12.8. The Kier molecular flexibility index (Phi) is 2.94. The maximum atomic E-state index is 10.9. The summed E-state index contributed by atoms with van der Waals surface area (Å²) in [7, 11) is 0. The Bertz CT molecular complexity index is 430. The lowest BCUT2D eigenvalue weighted by atomic mass is 9.68. The second kappa shape index (κ2) is 4.35. The lowest BCUT2D eigenvalue weighted by Gasteiger charge is -2.41. The summed E-state index contributed by atoms with van der Waals surface area (Å²) < 4.78 is 2.04. The van der Waals surface area contributed by atoms with Crippen molar-refractivity contribution in [1.29, 1.82) is 0 Å². The zero-order valence-electron chi connectivity index (χ0n) is 11.0. The van der Waals surface area contributed by atoms with E-state index in [1.54, 1.807) is 12.5 Å². The third-order valence-electron chi connectivity index (χ3n) is 5.31. The quantitative estimate of drug-likeness (QED) is 0.853. The fourth-order valence-corrected chi connectivity index (χ4v) is 4.30. The molecule has 3 rings (SSSR count). The number of nitrogens with zero attached hydrogens (tertiary/aromatic N) is 2. The van der Waals surface area contributed by atoms with Crippen LogP contribution in [-0.4, -0.2) is 21.2 Å². The monoisotopic (exact) mass is 249 g/mol. The highest BCUT2D eigenvalue weighted by Crippen LogP contribution is 2.60. The first-order valence-electron chi connectivity index (χ1n) is 7.09. The van der Waals surface area contributed by atoms with E-state index in [9.17, 15) is 5.11 Å². The van der Waals surface area contributed by atoms with Gasteiger partial charge in [-0.3, -0.25) is 0 Å². The second-order valence-electron chi connectivity index (χ2n) is 6.02. The molecule has 2 aliphatic carbocycles. The van der Waals surface area contributed by atoms with Crippen molar-refractivity contribution in [3.05, 3.63) is 18.2 Å². The molecule has 2 bridgehead atoms. The summed E-state index contributed by atoms with van der Waals surface area (Å²) >= 11 is 0. The molecular weight excluding hydrogens is 226 g/mol. The maximum absolute atomic E-state index is 10.9. The molecule has 1 aromatic rings. The summed E-state index contributed by atoms with van der Waals surface area (Å²) in [6.45, 7) is 3.51. The van der Waals surface area contributed by atoms with E-state index in [-0.39, 0.29) is 5.41 Å². The number of fused-ring (bicyclic) bond motifs is 2. The van der Waals surface area contributed by atoms with Crippen LogP contribution in [0.5, 0.6) is 0 Å². The van der Waals surface area contributed by atoms with Gasteiger partial charge in [0.25, 0.3) is 0 Å². The van der Waals surface area contributed by atoms with E-state index in [1.807, 2.05) is 4.57 Å². The predicted molar refractivity (Wildman–Crippen MR) is 69.8 cm³/mol. The molecule has 0 saturated heterocycles. The van der Waals surface area contributed by atoms with Crippen LogP contribution >= 0.6 is 0 Å². The van der Waals surface area contributed by atoms with Gasteiger partial charge in [0, 0.05) is 18.5 Å².